The summed E-state index contributed by atoms with van der Waals surface area (Å²) < 4.78 is 5.27. The Bertz CT molecular complexity index is 651. The summed E-state index contributed by atoms with van der Waals surface area (Å²) in [5.41, 5.74) is 3.10. The molecular weight excluding hydrogens is 306 g/mol. The molecule has 24 heavy (non-hydrogen) atoms. The Labute approximate surface area is 142 Å². The molecule has 3 amide bonds. The van der Waals surface area contributed by atoms with Gasteiger partial charge in [-0.1, -0.05) is 18.2 Å². The van der Waals surface area contributed by atoms with E-state index in [0.29, 0.717) is 32.8 Å². The standard InChI is InChI=1S/C18H23N3O3/c1-14(22)20-7-5-15(6-8-20)16-3-2-4-17(13-16)19-18(23)21-9-11-24-12-10-21/h2-5,13H,6-12H2,1H3,(H,19,23). The lowest BCUT2D eigenvalue weighted by Gasteiger charge is -2.27. The normalized spacial score (nSPS) is 18.1. The third-order valence-electron chi connectivity index (χ3n) is 4.44. The van der Waals surface area contributed by atoms with E-state index in [1.54, 1.807) is 11.8 Å². The highest BCUT2D eigenvalue weighted by atomic mass is 16.5. The number of nitrogens with zero attached hydrogens (tertiary/aromatic N) is 2. The summed E-state index contributed by atoms with van der Waals surface area (Å²) in [6, 6.07) is 7.79. The van der Waals surface area contributed by atoms with E-state index in [4.69, 9.17) is 4.74 Å². The van der Waals surface area contributed by atoms with Crippen molar-refractivity contribution in [1.82, 2.24) is 9.80 Å². The van der Waals surface area contributed by atoms with Gasteiger partial charge in [0.2, 0.25) is 5.91 Å². The van der Waals surface area contributed by atoms with Crippen LogP contribution in [0.25, 0.3) is 5.57 Å². The SMILES string of the molecule is CC(=O)N1CC=C(c2cccc(NC(=O)N3CCOCC3)c2)CC1. The molecule has 0 aromatic heterocycles. The predicted octanol–water partition coefficient (Wildman–Crippen LogP) is 2.19. The number of anilines is 1. The zero-order chi connectivity index (χ0) is 16.9. The Balaban J connectivity index is 1.66. The van der Waals surface area contributed by atoms with Crippen molar-refractivity contribution in [2.45, 2.75) is 13.3 Å². The molecule has 0 bridgehead atoms. The molecule has 1 N–H and O–H groups in total. The van der Waals surface area contributed by atoms with Crippen LogP contribution in [0.2, 0.25) is 0 Å². The van der Waals surface area contributed by atoms with Gasteiger partial charge in [-0.15, -0.1) is 0 Å². The minimum absolute atomic E-state index is 0.0872. The number of amides is 3. The monoisotopic (exact) mass is 329 g/mol. The highest BCUT2D eigenvalue weighted by molar-refractivity contribution is 5.90. The van der Waals surface area contributed by atoms with Crippen molar-refractivity contribution >= 4 is 23.2 Å². The van der Waals surface area contributed by atoms with Gasteiger partial charge in [0.05, 0.1) is 13.2 Å². The lowest BCUT2D eigenvalue weighted by atomic mass is 9.99. The highest BCUT2D eigenvalue weighted by Crippen LogP contribution is 2.25. The van der Waals surface area contributed by atoms with Crippen LogP contribution in [-0.2, 0) is 9.53 Å². The zero-order valence-corrected chi connectivity index (χ0v) is 14.0. The van der Waals surface area contributed by atoms with Gasteiger partial charge < -0.3 is 19.9 Å². The van der Waals surface area contributed by atoms with Crippen LogP contribution in [0, 0.1) is 0 Å². The fraction of sp³-hybridized carbons (Fsp3) is 0.444. The average molecular weight is 329 g/mol. The highest BCUT2D eigenvalue weighted by Gasteiger charge is 2.18. The molecule has 1 fully saturated rings. The summed E-state index contributed by atoms with van der Waals surface area (Å²) in [5.74, 6) is 0.108. The van der Waals surface area contributed by atoms with Crippen molar-refractivity contribution in [2.75, 3.05) is 44.7 Å². The van der Waals surface area contributed by atoms with Crippen LogP contribution in [0.15, 0.2) is 30.3 Å². The number of carbonyl (C=O) groups excluding carboxylic acids is 2. The Morgan fingerprint density at radius 1 is 1.12 bits per heavy atom. The number of hydrogen-bond acceptors (Lipinski definition) is 3. The fourth-order valence-electron chi connectivity index (χ4n) is 2.98. The van der Waals surface area contributed by atoms with Crippen LogP contribution in [-0.4, -0.2) is 61.1 Å². The molecule has 6 nitrogen and oxygen atoms in total. The van der Waals surface area contributed by atoms with Gasteiger partial charge in [-0.2, -0.15) is 0 Å². The molecule has 0 saturated carbocycles. The van der Waals surface area contributed by atoms with Gasteiger partial charge in [-0.25, -0.2) is 4.79 Å². The minimum Gasteiger partial charge on any atom is -0.378 e. The minimum atomic E-state index is -0.0872. The Hall–Kier alpha value is -2.34. The molecule has 0 aliphatic carbocycles. The first-order valence-electron chi connectivity index (χ1n) is 8.32. The smallest absolute Gasteiger partial charge is 0.321 e. The van der Waals surface area contributed by atoms with Gasteiger partial charge in [0.15, 0.2) is 0 Å². The van der Waals surface area contributed by atoms with Crippen LogP contribution in [0.3, 0.4) is 0 Å². The molecule has 3 rings (SSSR count). The Morgan fingerprint density at radius 2 is 1.92 bits per heavy atom. The van der Waals surface area contributed by atoms with Gasteiger partial charge in [-0.3, -0.25) is 4.79 Å². The molecule has 0 radical (unpaired) electrons. The quantitative estimate of drug-likeness (QED) is 0.905. The summed E-state index contributed by atoms with van der Waals surface area (Å²) >= 11 is 0. The molecule has 2 aliphatic rings. The number of rotatable bonds is 2. The number of hydrogen-bond donors (Lipinski definition) is 1. The van der Waals surface area contributed by atoms with Gasteiger partial charge >= 0.3 is 6.03 Å². The maximum atomic E-state index is 12.3. The fourth-order valence-corrected chi connectivity index (χ4v) is 2.98. The van der Waals surface area contributed by atoms with Crippen molar-refractivity contribution < 1.29 is 14.3 Å². The maximum Gasteiger partial charge on any atom is 0.321 e. The summed E-state index contributed by atoms with van der Waals surface area (Å²) in [5, 5.41) is 2.96. The zero-order valence-electron chi connectivity index (χ0n) is 14.0. The third-order valence-corrected chi connectivity index (χ3v) is 4.44. The number of ether oxygens (including phenoxy) is 1. The van der Waals surface area contributed by atoms with Crippen LogP contribution >= 0.6 is 0 Å². The number of urea groups is 1. The topological polar surface area (TPSA) is 61.9 Å². The number of benzene rings is 1. The lowest BCUT2D eigenvalue weighted by Crippen LogP contribution is -2.43. The summed E-state index contributed by atoms with van der Waals surface area (Å²) in [6.45, 7) is 5.41. The first kappa shape index (κ1) is 16.5. The number of carbonyl (C=O) groups is 2. The van der Waals surface area contributed by atoms with Crippen molar-refractivity contribution in [3.63, 3.8) is 0 Å². The van der Waals surface area contributed by atoms with Crippen molar-refractivity contribution in [1.29, 1.82) is 0 Å². The predicted molar refractivity (Wildman–Crippen MR) is 92.7 cm³/mol. The van der Waals surface area contributed by atoms with Gasteiger partial charge in [0.1, 0.15) is 0 Å². The molecule has 1 aromatic carbocycles. The van der Waals surface area contributed by atoms with E-state index in [9.17, 15) is 9.59 Å². The molecule has 6 heteroatoms. The second-order valence-electron chi connectivity index (χ2n) is 6.05. The molecule has 0 atom stereocenters. The molecule has 0 spiro atoms. The van der Waals surface area contributed by atoms with E-state index < -0.39 is 0 Å². The number of nitrogens with one attached hydrogen (secondary N) is 1. The van der Waals surface area contributed by atoms with E-state index in [1.807, 2.05) is 29.2 Å². The van der Waals surface area contributed by atoms with E-state index in [0.717, 1.165) is 24.2 Å². The molecule has 1 saturated heterocycles. The molecule has 0 unspecified atom stereocenters. The summed E-state index contributed by atoms with van der Waals surface area (Å²) in [6.07, 6.45) is 2.92. The summed E-state index contributed by atoms with van der Waals surface area (Å²) in [4.78, 5) is 27.3. The van der Waals surface area contributed by atoms with Crippen LogP contribution in [0.5, 0.6) is 0 Å². The van der Waals surface area contributed by atoms with Crippen LogP contribution in [0.1, 0.15) is 18.9 Å². The largest absolute Gasteiger partial charge is 0.378 e. The van der Waals surface area contributed by atoms with Gasteiger partial charge in [0.25, 0.3) is 0 Å². The van der Waals surface area contributed by atoms with Crippen LogP contribution < -0.4 is 5.32 Å². The van der Waals surface area contributed by atoms with E-state index >= 15 is 0 Å². The first-order valence-corrected chi connectivity index (χ1v) is 8.32. The molecule has 2 aliphatic heterocycles. The molecular formula is C18H23N3O3. The van der Waals surface area contributed by atoms with Crippen molar-refractivity contribution in [2.24, 2.45) is 0 Å². The molecule has 2 heterocycles. The first-order chi connectivity index (χ1) is 11.6. The van der Waals surface area contributed by atoms with Crippen molar-refractivity contribution in [3.8, 4) is 0 Å². The number of morpholine rings is 1. The lowest BCUT2D eigenvalue weighted by molar-refractivity contribution is -0.128. The Morgan fingerprint density at radius 3 is 2.58 bits per heavy atom. The van der Waals surface area contributed by atoms with Gasteiger partial charge in [0, 0.05) is 38.8 Å². The van der Waals surface area contributed by atoms with Crippen molar-refractivity contribution in [3.05, 3.63) is 35.9 Å². The second-order valence-corrected chi connectivity index (χ2v) is 6.05. The third kappa shape index (κ3) is 3.94. The molecule has 1 aromatic rings. The van der Waals surface area contributed by atoms with E-state index in [2.05, 4.69) is 11.4 Å². The van der Waals surface area contributed by atoms with E-state index in [1.165, 1.54) is 5.57 Å². The maximum absolute atomic E-state index is 12.3. The van der Waals surface area contributed by atoms with E-state index in [-0.39, 0.29) is 11.9 Å². The Kier molecular flexibility index (Phi) is 5.15. The van der Waals surface area contributed by atoms with Gasteiger partial charge in [-0.05, 0) is 29.7 Å². The average Bonchev–Trinajstić information content (AvgIpc) is 2.63. The second kappa shape index (κ2) is 7.49. The summed E-state index contributed by atoms with van der Waals surface area (Å²) in [7, 11) is 0. The van der Waals surface area contributed by atoms with Crippen LogP contribution in [0.4, 0.5) is 10.5 Å². The molecule has 128 valence electrons.